The van der Waals surface area contributed by atoms with Gasteiger partial charge in [0.2, 0.25) is 0 Å². The lowest BCUT2D eigenvalue weighted by Crippen LogP contribution is -2.37. The van der Waals surface area contributed by atoms with Gasteiger partial charge in [0.25, 0.3) is 0 Å². The van der Waals surface area contributed by atoms with Gasteiger partial charge in [-0.2, -0.15) is 10.4 Å². The van der Waals surface area contributed by atoms with Crippen LogP contribution in [0.15, 0.2) is 0 Å². The van der Waals surface area contributed by atoms with Crippen molar-refractivity contribution in [2.45, 2.75) is 13.0 Å². The molecule has 0 spiro atoms. The van der Waals surface area contributed by atoms with Gasteiger partial charge < -0.3 is 15.6 Å². The van der Waals surface area contributed by atoms with E-state index in [0.29, 0.717) is 6.54 Å². The molecule has 1 aliphatic heterocycles. The number of carbonyl (C=O) groups is 1. The van der Waals surface area contributed by atoms with Gasteiger partial charge >= 0.3 is 5.97 Å². The number of hydrogen-bond acceptors (Lipinski definition) is 6. The lowest BCUT2D eigenvalue weighted by atomic mass is 10.2. The first-order chi connectivity index (χ1) is 9.63. The summed E-state index contributed by atoms with van der Waals surface area (Å²) in [6.45, 7) is 4.65. The van der Waals surface area contributed by atoms with Crippen molar-refractivity contribution in [1.29, 1.82) is 5.26 Å². The van der Waals surface area contributed by atoms with E-state index >= 15 is 0 Å². The molecule has 1 aliphatic rings. The molecule has 1 saturated heterocycles. The van der Waals surface area contributed by atoms with Crippen molar-refractivity contribution < 1.29 is 14.6 Å². The van der Waals surface area contributed by atoms with Crippen LogP contribution in [0.25, 0.3) is 0 Å². The molecule has 0 amide bonds. The van der Waals surface area contributed by atoms with Crippen LogP contribution in [0.1, 0.15) is 22.5 Å². The van der Waals surface area contributed by atoms with Crippen LogP contribution in [0.5, 0.6) is 0 Å². The first-order valence-corrected chi connectivity index (χ1v) is 6.43. The summed E-state index contributed by atoms with van der Waals surface area (Å²) in [6, 6.07) is 1.79. The standard InChI is InChI=1S/C12H17N5O3/c13-8-9-10(12(18)19)15-17(11(9)14)3-1-2-16-4-6-20-7-5-16/h1-7,14H2,(H,18,19). The zero-order valence-corrected chi connectivity index (χ0v) is 11.1. The number of nitrogens with zero attached hydrogens (tertiary/aromatic N) is 4. The van der Waals surface area contributed by atoms with Crippen LogP contribution in [0, 0.1) is 11.3 Å². The number of aryl methyl sites for hydroxylation is 1. The summed E-state index contributed by atoms with van der Waals surface area (Å²) in [4.78, 5) is 13.2. The van der Waals surface area contributed by atoms with E-state index in [0.717, 1.165) is 39.3 Å². The summed E-state index contributed by atoms with van der Waals surface area (Å²) in [5.41, 5.74) is 5.41. The molecule has 2 rings (SSSR count). The number of rotatable bonds is 5. The molecule has 8 nitrogen and oxygen atoms in total. The number of nitriles is 1. The Labute approximate surface area is 116 Å². The van der Waals surface area contributed by atoms with Crippen molar-refractivity contribution in [2.24, 2.45) is 0 Å². The van der Waals surface area contributed by atoms with E-state index in [1.165, 1.54) is 4.68 Å². The molecule has 0 aromatic carbocycles. The number of morpholine rings is 1. The van der Waals surface area contributed by atoms with Crippen LogP contribution in [-0.2, 0) is 11.3 Å². The summed E-state index contributed by atoms with van der Waals surface area (Å²) in [7, 11) is 0. The quantitative estimate of drug-likeness (QED) is 0.763. The molecule has 1 fully saturated rings. The van der Waals surface area contributed by atoms with Crippen LogP contribution in [-0.4, -0.2) is 58.6 Å². The fraction of sp³-hybridized carbons (Fsp3) is 0.583. The number of hydrogen-bond donors (Lipinski definition) is 2. The Balaban J connectivity index is 1.96. The largest absolute Gasteiger partial charge is 0.476 e. The minimum absolute atomic E-state index is 0.0659. The number of aromatic carboxylic acids is 1. The summed E-state index contributed by atoms with van der Waals surface area (Å²) in [5, 5.41) is 21.8. The highest BCUT2D eigenvalue weighted by Gasteiger charge is 2.20. The SMILES string of the molecule is N#Cc1c(C(=O)O)nn(CCCN2CCOCC2)c1N. The molecule has 0 unspecified atom stereocenters. The highest BCUT2D eigenvalue weighted by atomic mass is 16.5. The molecule has 0 saturated carbocycles. The summed E-state index contributed by atoms with van der Waals surface area (Å²) < 4.78 is 6.65. The minimum atomic E-state index is -1.24. The number of anilines is 1. The number of aromatic nitrogens is 2. The second-order valence-corrected chi connectivity index (χ2v) is 4.56. The molecule has 0 aliphatic carbocycles. The lowest BCUT2D eigenvalue weighted by Gasteiger charge is -2.26. The van der Waals surface area contributed by atoms with E-state index < -0.39 is 5.97 Å². The van der Waals surface area contributed by atoms with Gasteiger partial charge in [-0.15, -0.1) is 0 Å². The number of nitrogens with two attached hydrogens (primary N) is 1. The van der Waals surface area contributed by atoms with Gasteiger partial charge in [0, 0.05) is 26.2 Å². The smallest absolute Gasteiger partial charge is 0.357 e. The number of carboxylic acids is 1. The second kappa shape index (κ2) is 6.36. The predicted octanol–water partition coefficient (Wildman–Crippen LogP) is -0.243. The van der Waals surface area contributed by atoms with Crippen molar-refractivity contribution in [2.75, 3.05) is 38.6 Å². The van der Waals surface area contributed by atoms with E-state index in [1.54, 1.807) is 6.07 Å². The Bertz CT molecular complexity index is 528. The van der Waals surface area contributed by atoms with E-state index in [-0.39, 0.29) is 17.1 Å². The highest BCUT2D eigenvalue weighted by molar-refractivity contribution is 5.90. The Morgan fingerprint density at radius 1 is 1.45 bits per heavy atom. The van der Waals surface area contributed by atoms with E-state index in [4.69, 9.17) is 20.8 Å². The normalized spacial score (nSPS) is 15.9. The molecule has 1 aromatic heterocycles. The third kappa shape index (κ3) is 3.07. The highest BCUT2D eigenvalue weighted by Crippen LogP contribution is 2.16. The summed E-state index contributed by atoms with van der Waals surface area (Å²) >= 11 is 0. The fourth-order valence-corrected chi connectivity index (χ4v) is 2.17. The van der Waals surface area contributed by atoms with E-state index in [2.05, 4.69) is 10.00 Å². The molecule has 1 aromatic rings. The second-order valence-electron chi connectivity index (χ2n) is 4.56. The molecule has 0 bridgehead atoms. The first kappa shape index (κ1) is 14.3. The third-order valence-electron chi connectivity index (χ3n) is 3.25. The maximum Gasteiger partial charge on any atom is 0.357 e. The van der Waals surface area contributed by atoms with Gasteiger partial charge in [0.1, 0.15) is 17.5 Å². The van der Waals surface area contributed by atoms with Crippen LogP contribution < -0.4 is 5.73 Å². The summed E-state index contributed by atoms with van der Waals surface area (Å²) in [5.74, 6) is -1.12. The monoisotopic (exact) mass is 279 g/mol. The maximum absolute atomic E-state index is 11.0. The molecule has 0 atom stereocenters. The Morgan fingerprint density at radius 3 is 2.70 bits per heavy atom. The topological polar surface area (TPSA) is 117 Å². The maximum atomic E-state index is 11.0. The molecule has 2 heterocycles. The molecular weight excluding hydrogens is 262 g/mol. The van der Waals surface area contributed by atoms with Crippen molar-refractivity contribution in [3.8, 4) is 6.07 Å². The van der Waals surface area contributed by atoms with Gasteiger partial charge in [-0.1, -0.05) is 0 Å². The van der Waals surface area contributed by atoms with E-state index in [9.17, 15) is 4.79 Å². The Morgan fingerprint density at radius 2 is 2.15 bits per heavy atom. The molecule has 108 valence electrons. The lowest BCUT2D eigenvalue weighted by molar-refractivity contribution is 0.0368. The Kier molecular flexibility index (Phi) is 4.55. The predicted molar refractivity (Wildman–Crippen MR) is 70.2 cm³/mol. The van der Waals surface area contributed by atoms with Crippen molar-refractivity contribution in [3.05, 3.63) is 11.3 Å². The van der Waals surface area contributed by atoms with Crippen molar-refractivity contribution >= 4 is 11.8 Å². The van der Waals surface area contributed by atoms with Gasteiger partial charge in [-0.05, 0) is 6.42 Å². The van der Waals surface area contributed by atoms with Gasteiger partial charge in [0.15, 0.2) is 5.69 Å². The molecule has 0 radical (unpaired) electrons. The van der Waals surface area contributed by atoms with Crippen molar-refractivity contribution in [3.63, 3.8) is 0 Å². The number of nitrogen functional groups attached to an aromatic ring is 1. The zero-order chi connectivity index (χ0) is 14.5. The Hall–Kier alpha value is -2.11. The summed E-state index contributed by atoms with van der Waals surface area (Å²) in [6.07, 6.45) is 0.788. The van der Waals surface area contributed by atoms with Crippen LogP contribution >= 0.6 is 0 Å². The number of ether oxygens (including phenoxy) is 1. The van der Waals surface area contributed by atoms with Crippen LogP contribution in [0.4, 0.5) is 5.82 Å². The fourth-order valence-electron chi connectivity index (χ4n) is 2.17. The van der Waals surface area contributed by atoms with Gasteiger partial charge in [-0.25, -0.2) is 9.48 Å². The molecule has 3 N–H and O–H groups in total. The average Bonchev–Trinajstić information content (AvgIpc) is 2.77. The van der Waals surface area contributed by atoms with Crippen LogP contribution in [0.3, 0.4) is 0 Å². The average molecular weight is 279 g/mol. The third-order valence-corrected chi connectivity index (χ3v) is 3.25. The molecular formula is C12H17N5O3. The zero-order valence-electron chi connectivity index (χ0n) is 11.1. The van der Waals surface area contributed by atoms with Gasteiger partial charge in [0.05, 0.1) is 13.2 Å². The first-order valence-electron chi connectivity index (χ1n) is 6.43. The van der Waals surface area contributed by atoms with E-state index in [1.807, 2.05) is 0 Å². The van der Waals surface area contributed by atoms with Gasteiger partial charge in [-0.3, -0.25) is 4.90 Å². The van der Waals surface area contributed by atoms with Crippen LogP contribution in [0.2, 0.25) is 0 Å². The van der Waals surface area contributed by atoms with Crippen molar-refractivity contribution in [1.82, 2.24) is 14.7 Å². The molecule has 20 heavy (non-hydrogen) atoms. The number of carboxylic acid groups (broad SMARTS) is 1. The minimum Gasteiger partial charge on any atom is -0.476 e. The molecule has 8 heteroatoms.